The molecule has 1 amide bonds. The highest BCUT2D eigenvalue weighted by Crippen LogP contribution is 2.28. The molecule has 7 heteroatoms. The van der Waals surface area contributed by atoms with Crippen molar-refractivity contribution in [3.05, 3.63) is 48.9 Å². The number of rotatable bonds is 3. The van der Waals surface area contributed by atoms with Gasteiger partial charge < -0.3 is 14.6 Å². The van der Waals surface area contributed by atoms with E-state index < -0.39 is 0 Å². The smallest absolute Gasteiger partial charge is 0.410 e. The van der Waals surface area contributed by atoms with Crippen molar-refractivity contribution in [3.8, 4) is 5.75 Å². The summed E-state index contributed by atoms with van der Waals surface area (Å²) < 4.78 is 5.52. The van der Waals surface area contributed by atoms with Crippen molar-refractivity contribution in [2.24, 2.45) is 0 Å². The molecule has 0 unspecified atom stereocenters. The molecule has 6 nitrogen and oxygen atoms in total. The number of amides is 1. The number of likely N-dealkylation sites (tertiary alicyclic amines) is 1. The number of benzene rings is 1. The number of nitrogens with one attached hydrogen (secondary N) is 1. The SMILES string of the molecule is O=C(Oc1ccc2cccnc2c1)N1CCC(Sc2ncc[nH]2)CC1. The first kappa shape index (κ1) is 16.0. The standard InChI is InChI=1S/C18H18N4O2S/c23-18(24-14-4-3-13-2-1-7-19-16(13)12-14)22-10-5-15(6-11-22)25-17-20-8-9-21-17/h1-4,7-9,12,15H,5-6,10-11H2,(H,20,21). The number of fused-ring (bicyclic) bond motifs is 1. The molecule has 0 radical (unpaired) electrons. The van der Waals surface area contributed by atoms with Crippen LogP contribution in [0.5, 0.6) is 5.75 Å². The molecule has 1 aliphatic rings. The van der Waals surface area contributed by atoms with Gasteiger partial charge in [-0.25, -0.2) is 9.78 Å². The number of aromatic nitrogens is 3. The fourth-order valence-corrected chi connectivity index (χ4v) is 3.92. The molecule has 3 aromatic rings. The minimum absolute atomic E-state index is 0.295. The fraction of sp³-hybridized carbons (Fsp3) is 0.278. The first-order chi connectivity index (χ1) is 12.3. The summed E-state index contributed by atoms with van der Waals surface area (Å²) in [5.41, 5.74) is 0.821. The van der Waals surface area contributed by atoms with Gasteiger partial charge in [0, 0.05) is 48.4 Å². The predicted molar refractivity (Wildman–Crippen MR) is 96.8 cm³/mol. The number of pyridine rings is 1. The Morgan fingerprint density at radius 1 is 1.20 bits per heavy atom. The van der Waals surface area contributed by atoms with E-state index in [9.17, 15) is 4.79 Å². The number of hydrogen-bond donors (Lipinski definition) is 1. The molecule has 0 aliphatic carbocycles. The van der Waals surface area contributed by atoms with Gasteiger partial charge in [-0.2, -0.15) is 0 Å². The molecular weight excluding hydrogens is 336 g/mol. The van der Waals surface area contributed by atoms with E-state index in [0.717, 1.165) is 28.9 Å². The van der Waals surface area contributed by atoms with Crippen LogP contribution in [0.15, 0.2) is 54.1 Å². The molecule has 128 valence electrons. The maximum atomic E-state index is 12.4. The number of H-pyrrole nitrogens is 1. The van der Waals surface area contributed by atoms with Crippen LogP contribution in [0.3, 0.4) is 0 Å². The van der Waals surface area contributed by atoms with Gasteiger partial charge in [0.2, 0.25) is 0 Å². The largest absolute Gasteiger partial charge is 0.415 e. The van der Waals surface area contributed by atoms with Crippen molar-refractivity contribution in [1.29, 1.82) is 0 Å². The van der Waals surface area contributed by atoms with Crippen LogP contribution in [0.2, 0.25) is 0 Å². The number of thioether (sulfide) groups is 1. The third kappa shape index (κ3) is 3.76. The molecule has 2 aromatic heterocycles. The lowest BCUT2D eigenvalue weighted by atomic mass is 10.1. The highest BCUT2D eigenvalue weighted by Gasteiger charge is 2.25. The average molecular weight is 354 g/mol. The molecule has 25 heavy (non-hydrogen) atoms. The van der Waals surface area contributed by atoms with Crippen LogP contribution in [0.25, 0.3) is 10.9 Å². The Morgan fingerprint density at radius 2 is 2.08 bits per heavy atom. The lowest BCUT2D eigenvalue weighted by molar-refractivity contribution is 0.143. The second-order valence-electron chi connectivity index (χ2n) is 5.92. The summed E-state index contributed by atoms with van der Waals surface area (Å²) in [7, 11) is 0. The van der Waals surface area contributed by atoms with Gasteiger partial charge in [0.25, 0.3) is 0 Å². The molecule has 1 N–H and O–H groups in total. The van der Waals surface area contributed by atoms with Crippen LogP contribution in [-0.4, -0.2) is 44.3 Å². The topological polar surface area (TPSA) is 71.1 Å². The number of carbonyl (C=O) groups is 1. The third-order valence-electron chi connectivity index (χ3n) is 4.23. The fourth-order valence-electron chi connectivity index (χ4n) is 2.90. The van der Waals surface area contributed by atoms with E-state index in [0.29, 0.717) is 24.1 Å². The summed E-state index contributed by atoms with van der Waals surface area (Å²) in [5, 5.41) is 2.43. The second-order valence-corrected chi connectivity index (χ2v) is 7.21. The lowest BCUT2D eigenvalue weighted by Gasteiger charge is -2.30. The van der Waals surface area contributed by atoms with Gasteiger partial charge in [0.05, 0.1) is 5.52 Å². The summed E-state index contributed by atoms with van der Waals surface area (Å²) in [5.74, 6) is 0.531. The summed E-state index contributed by atoms with van der Waals surface area (Å²) in [4.78, 5) is 25.8. The van der Waals surface area contributed by atoms with Crippen LogP contribution in [0.1, 0.15) is 12.8 Å². The number of imidazole rings is 1. The third-order valence-corrected chi connectivity index (χ3v) is 5.49. The Balaban J connectivity index is 1.33. The van der Waals surface area contributed by atoms with Crippen molar-refractivity contribution < 1.29 is 9.53 Å². The van der Waals surface area contributed by atoms with Crippen LogP contribution in [0.4, 0.5) is 4.79 Å². The zero-order chi connectivity index (χ0) is 17.1. The maximum Gasteiger partial charge on any atom is 0.415 e. The first-order valence-electron chi connectivity index (χ1n) is 8.25. The van der Waals surface area contributed by atoms with Crippen molar-refractivity contribution in [2.75, 3.05) is 13.1 Å². The zero-order valence-corrected chi connectivity index (χ0v) is 14.4. The Labute approximate surface area is 149 Å². The quantitative estimate of drug-likeness (QED) is 0.776. The number of ether oxygens (including phenoxy) is 1. The van der Waals surface area contributed by atoms with Crippen LogP contribution < -0.4 is 4.74 Å². The zero-order valence-electron chi connectivity index (χ0n) is 13.6. The van der Waals surface area contributed by atoms with Gasteiger partial charge in [0.15, 0.2) is 5.16 Å². The maximum absolute atomic E-state index is 12.4. The van der Waals surface area contributed by atoms with E-state index in [4.69, 9.17) is 4.74 Å². The molecule has 1 aromatic carbocycles. The summed E-state index contributed by atoms with van der Waals surface area (Å²) in [6, 6.07) is 9.39. The molecule has 1 aliphatic heterocycles. The minimum atomic E-state index is -0.295. The Bertz CT molecular complexity index is 860. The molecule has 3 heterocycles. The predicted octanol–water partition coefficient (Wildman–Crippen LogP) is 3.71. The van der Waals surface area contributed by atoms with Gasteiger partial charge in [-0.3, -0.25) is 4.98 Å². The number of piperidine rings is 1. The Morgan fingerprint density at radius 3 is 2.88 bits per heavy atom. The van der Waals surface area contributed by atoms with Crippen molar-refractivity contribution in [3.63, 3.8) is 0 Å². The normalized spacial score (nSPS) is 15.4. The van der Waals surface area contributed by atoms with E-state index in [1.54, 1.807) is 41.2 Å². The number of hydrogen-bond acceptors (Lipinski definition) is 5. The molecular formula is C18H18N4O2S. The lowest BCUT2D eigenvalue weighted by Crippen LogP contribution is -2.40. The molecule has 0 atom stereocenters. The van der Waals surface area contributed by atoms with E-state index in [1.165, 1.54) is 0 Å². The Kier molecular flexibility index (Phi) is 4.56. The molecule has 0 saturated carbocycles. The number of nitrogens with zero attached hydrogens (tertiary/aromatic N) is 3. The highest BCUT2D eigenvalue weighted by molar-refractivity contribution is 7.99. The van der Waals surface area contributed by atoms with E-state index in [2.05, 4.69) is 15.0 Å². The van der Waals surface area contributed by atoms with Crippen LogP contribution in [0, 0.1) is 0 Å². The van der Waals surface area contributed by atoms with Gasteiger partial charge in [-0.05, 0) is 31.0 Å². The first-order valence-corrected chi connectivity index (χ1v) is 9.13. The van der Waals surface area contributed by atoms with Crippen molar-refractivity contribution >= 4 is 28.8 Å². The van der Waals surface area contributed by atoms with Crippen LogP contribution in [-0.2, 0) is 0 Å². The molecule has 1 saturated heterocycles. The molecule has 4 rings (SSSR count). The molecule has 1 fully saturated rings. The van der Waals surface area contributed by atoms with E-state index >= 15 is 0 Å². The van der Waals surface area contributed by atoms with Gasteiger partial charge >= 0.3 is 6.09 Å². The van der Waals surface area contributed by atoms with E-state index in [1.807, 2.05) is 24.4 Å². The number of aromatic amines is 1. The monoisotopic (exact) mass is 354 g/mol. The van der Waals surface area contributed by atoms with E-state index in [-0.39, 0.29) is 6.09 Å². The van der Waals surface area contributed by atoms with Crippen molar-refractivity contribution in [1.82, 2.24) is 19.9 Å². The van der Waals surface area contributed by atoms with Crippen LogP contribution >= 0.6 is 11.8 Å². The minimum Gasteiger partial charge on any atom is -0.410 e. The molecule has 0 spiro atoms. The average Bonchev–Trinajstić information content (AvgIpc) is 3.15. The van der Waals surface area contributed by atoms with Gasteiger partial charge in [0.1, 0.15) is 5.75 Å². The Hall–Kier alpha value is -2.54. The summed E-state index contributed by atoms with van der Waals surface area (Å²) in [6.45, 7) is 1.39. The summed E-state index contributed by atoms with van der Waals surface area (Å²) in [6.07, 6.45) is 6.88. The highest BCUT2D eigenvalue weighted by atomic mass is 32.2. The second kappa shape index (κ2) is 7.14. The van der Waals surface area contributed by atoms with Gasteiger partial charge in [-0.15, -0.1) is 0 Å². The summed E-state index contributed by atoms with van der Waals surface area (Å²) >= 11 is 1.74. The van der Waals surface area contributed by atoms with Gasteiger partial charge in [-0.1, -0.05) is 17.8 Å². The van der Waals surface area contributed by atoms with Crippen molar-refractivity contribution in [2.45, 2.75) is 23.2 Å². The molecule has 0 bridgehead atoms. The number of carbonyl (C=O) groups excluding carboxylic acids is 1.